The number of hydrogen-bond acceptors (Lipinski definition) is 5. The number of aromatic amines is 1. The quantitative estimate of drug-likeness (QED) is 0.689. The molecule has 2 rings (SSSR count). The standard InChI is InChI=1S/C11H17N3O5S/c1-3-8-12-4-9(13-8)20(17,18)14-7-5-19-6-11(7,2)10(15)16/h4,7,14H,3,5-6H2,1-2H3,(H,12,13)(H,15,16). The van der Waals surface area contributed by atoms with Crippen LogP contribution in [0.4, 0.5) is 0 Å². The summed E-state index contributed by atoms with van der Waals surface area (Å²) in [5.41, 5.74) is -1.28. The molecule has 1 aliphatic heterocycles. The third-order valence-electron chi connectivity index (χ3n) is 3.47. The predicted octanol–water partition coefficient (Wildman–Crippen LogP) is -0.260. The topological polar surface area (TPSA) is 121 Å². The highest BCUT2D eigenvalue weighted by Crippen LogP contribution is 2.29. The molecule has 1 aliphatic rings. The zero-order valence-electron chi connectivity index (χ0n) is 11.2. The third-order valence-corrected chi connectivity index (χ3v) is 4.85. The Bertz CT molecular complexity index is 611. The molecule has 1 fully saturated rings. The third kappa shape index (κ3) is 2.56. The van der Waals surface area contributed by atoms with Crippen molar-refractivity contribution in [3.63, 3.8) is 0 Å². The minimum absolute atomic E-state index is 0.0246. The lowest BCUT2D eigenvalue weighted by molar-refractivity contribution is -0.148. The highest BCUT2D eigenvalue weighted by atomic mass is 32.2. The van der Waals surface area contributed by atoms with Crippen molar-refractivity contribution in [1.29, 1.82) is 0 Å². The van der Waals surface area contributed by atoms with E-state index in [0.717, 1.165) is 0 Å². The Morgan fingerprint density at radius 3 is 2.95 bits per heavy atom. The van der Waals surface area contributed by atoms with E-state index in [-0.39, 0.29) is 18.2 Å². The molecule has 20 heavy (non-hydrogen) atoms. The number of rotatable bonds is 5. The van der Waals surface area contributed by atoms with E-state index < -0.39 is 27.4 Å². The molecule has 1 saturated heterocycles. The summed E-state index contributed by atoms with van der Waals surface area (Å²) in [6, 6.07) is -0.821. The van der Waals surface area contributed by atoms with Crippen molar-refractivity contribution in [3.05, 3.63) is 12.0 Å². The lowest BCUT2D eigenvalue weighted by atomic mass is 9.86. The first-order valence-electron chi connectivity index (χ1n) is 6.17. The van der Waals surface area contributed by atoms with E-state index in [1.807, 2.05) is 6.92 Å². The molecule has 1 aromatic rings. The van der Waals surface area contributed by atoms with E-state index in [1.54, 1.807) is 0 Å². The van der Waals surface area contributed by atoms with Crippen LogP contribution in [0, 0.1) is 5.41 Å². The van der Waals surface area contributed by atoms with Gasteiger partial charge < -0.3 is 14.8 Å². The Hall–Kier alpha value is -1.45. The summed E-state index contributed by atoms with van der Waals surface area (Å²) < 4.78 is 31.9. The predicted molar refractivity (Wildman–Crippen MR) is 68.6 cm³/mol. The van der Waals surface area contributed by atoms with Gasteiger partial charge in [-0.3, -0.25) is 4.79 Å². The molecule has 0 aliphatic carbocycles. The molecular formula is C11H17N3O5S. The van der Waals surface area contributed by atoms with Crippen LogP contribution in [0.3, 0.4) is 0 Å². The van der Waals surface area contributed by atoms with E-state index in [2.05, 4.69) is 14.7 Å². The summed E-state index contributed by atoms with van der Waals surface area (Å²) in [6.07, 6.45) is 1.80. The summed E-state index contributed by atoms with van der Waals surface area (Å²) >= 11 is 0. The number of H-pyrrole nitrogens is 1. The van der Waals surface area contributed by atoms with Crippen LogP contribution in [0.15, 0.2) is 11.2 Å². The Morgan fingerprint density at radius 2 is 2.40 bits per heavy atom. The van der Waals surface area contributed by atoms with Crippen molar-refractivity contribution in [3.8, 4) is 0 Å². The van der Waals surface area contributed by atoms with Gasteiger partial charge in [0.25, 0.3) is 10.0 Å². The van der Waals surface area contributed by atoms with Crippen molar-refractivity contribution < 1.29 is 23.1 Å². The molecule has 0 spiro atoms. The maximum atomic E-state index is 12.2. The summed E-state index contributed by atoms with van der Waals surface area (Å²) in [4.78, 5) is 17.9. The van der Waals surface area contributed by atoms with Gasteiger partial charge in [-0.2, -0.15) is 0 Å². The van der Waals surface area contributed by atoms with Crippen LogP contribution in [0.1, 0.15) is 19.7 Å². The maximum absolute atomic E-state index is 12.2. The summed E-state index contributed by atoms with van der Waals surface area (Å²) in [7, 11) is -3.85. The lowest BCUT2D eigenvalue weighted by Crippen LogP contribution is -2.49. The van der Waals surface area contributed by atoms with Crippen LogP contribution < -0.4 is 4.72 Å². The summed E-state index contributed by atoms with van der Waals surface area (Å²) in [5.74, 6) is -0.546. The van der Waals surface area contributed by atoms with Crippen molar-refractivity contribution in [2.75, 3.05) is 13.2 Å². The number of carboxylic acids is 1. The van der Waals surface area contributed by atoms with Crippen molar-refractivity contribution in [2.45, 2.75) is 31.3 Å². The molecule has 1 aromatic heterocycles. The summed E-state index contributed by atoms with van der Waals surface area (Å²) in [6.45, 7) is 3.30. The molecule has 3 N–H and O–H groups in total. The number of hydrogen-bond donors (Lipinski definition) is 3. The Morgan fingerprint density at radius 1 is 1.70 bits per heavy atom. The van der Waals surface area contributed by atoms with Crippen LogP contribution in [0.5, 0.6) is 0 Å². The fourth-order valence-corrected chi connectivity index (χ4v) is 3.23. The van der Waals surface area contributed by atoms with Gasteiger partial charge in [0.15, 0.2) is 5.03 Å². The smallest absolute Gasteiger partial charge is 0.313 e. The molecule has 112 valence electrons. The number of carboxylic acid groups (broad SMARTS) is 1. The van der Waals surface area contributed by atoms with Gasteiger partial charge in [0, 0.05) is 6.42 Å². The number of imidazole rings is 1. The number of carbonyl (C=O) groups is 1. The molecular weight excluding hydrogens is 286 g/mol. The first kappa shape index (κ1) is 14.9. The Kier molecular flexibility index (Phi) is 3.85. The molecule has 0 amide bonds. The highest BCUT2D eigenvalue weighted by Gasteiger charge is 2.48. The van der Waals surface area contributed by atoms with Gasteiger partial charge >= 0.3 is 5.97 Å². The van der Waals surface area contributed by atoms with Crippen LogP contribution in [0.25, 0.3) is 0 Å². The van der Waals surface area contributed by atoms with Crippen LogP contribution >= 0.6 is 0 Å². The SMILES string of the molecule is CCc1ncc(S(=O)(=O)NC2COCC2(C)C(=O)O)[nH]1. The minimum Gasteiger partial charge on any atom is -0.481 e. The molecule has 0 bridgehead atoms. The Balaban J connectivity index is 2.22. The number of aliphatic carboxylic acids is 1. The minimum atomic E-state index is -3.85. The largest absolute Gasteiger partial charge is 0.481 e. The molecule has 9 heteroatoms. The van der Waals surface area contributed by atoms with E-state index in [9.17, 15) is 18.3 Å². The molecule has 0 radical (unpaired) electrons. The molecule has 8 nitrogen and oxygen atoms in total. The van der Waals surface area contributed by atoms with Crippen molar-refractivity contribution in [2.24, 2.45) is 5.41 Å². The van der Waals surface area contributed by atoms with Crippen LogP contribution in [-0.2, 0) is 26.0 Å². The average Bonchev–Trinajstić information content (AvgIpc) is 2.98. The normalized spacial score (nSPS) is 26.8. The average molecular weight is 303 g/mol. The molecule has 0 aromatic carbocycles. The van der Waals surface area contributed by atoms with Crippen molar-refractivity contribution in [1.82, 2.24) is 14.7 Å². The molecule has 2 heterocycles. The van der Waals surface area contributed by atoms with Crippen molar-refractivity contribution >= 4 is 16.0 Å². The maximum Gasteiger partial charge on any atom is 0.313 e. The second-order valence-corrected chi connectivity index (χ2v) is 6.64. The number of nitrogens with one attached hydrogen (secondary N) is 2. The van der Waals surface area contributed by atoms with E-state index in [0.29, 0.717) is 12.2 Å². The zero-order valence-corrected chi connectivity index (χ0v) is 12.0. The molecule has 2 atom stereocenters. The van der Waals surface area contributed by atoms with Crippen LogP contribution in [-0.4, -0.2) is 48.7 Å². The summed E-state index contributed by atoms with van der Waals surface area (Å²) in [5, 5.41) is 9.14. The lowest BCUT2D eigenvalue weighted by Gasteiger charge is -2.24. The van der Waals surface area contributed by atoms with Gasteiger partial charge in [-0.05, 0) is 6.92 Å². The van der Waals surface area contributed by atoms with Crippen LogP contribution in [0.2, 0.25) is 0 Å². The number of sulfonamides is 1. The van der Waals surface area contributed by atoms with E-state index in [1.165, 1.54) is 13.1 Å². The molecule has 0 saturated carbocycles. The fourth-order valence-electron chi connectivity index (χ4n) is 1.96. The van der Waals surface area contributed by atoms with E-state index >= 15 is 0 Å². The number of aromatic nitrogens is 2. The monoisotopic (exact) mass is 303 g/mol. The second-order valence-electron chi connectivity index (χ2n) is 4.96. The van der Waals surface area contributed by atoms with Gasteiger partial charge in [-0.1, -0.05) is 6.92 Å². The molecule has 2 unspecified atom stereocenters. The van der Waals surface area contributed by atoms with Gasteiger partial charge in [-0.25, -0.2) is 18.1 Å². The number of nitrogens with zero attached hydrogens (tertiary/aromatic N) is 1. The van der Waals surface area contributed by atoms with Gasteiger partial charge in [0.2, 0.25) is 0 Å². The number of aryl methyl sites for hydroxylation is 1. The van der Waals surface area contributed by atoms with Gasteiger partial charge in [0.05, 0.1) is 25.5 Å². The van der Waals surface area contributed by atoms with E-state index in [4.69, 9.17) is 4.74 Å². The Labute approximate surface area is 116 Å². The van der Waals surface area contributed by atoms with Gasteiger partial charge in [-0.15, -0.1) is 0 Å². The first-order valence-corrected chi connectivity index (χ1v) is 7.65. The van der Waals surface area contributed by atoms with Gasteiger partial charge in [0.1, 0.15) is 11.2 Å². The number of ether oxygens (including phenoxy) is 1. The zero-order chi connectivity index (χ0) is 15.0. The highest BCUT2D eigenvalue weighted by molar-refractivity contribution is 7.89. The fraction of sp³-hybridized carbons (Fsp3) is 0.636. The second kappa shape index (κ2) is 5.15. The first-order chi connectivity index (χ1) is 9.29.